The van der Waals surface area contributed by atoms with Crippen LogP contribution in [0.5, 0.6) is 5.75 Å². The number of anilines is 1. The van der Waals surface area contributed by atoms with Crippen molar-refractivity contribution in [3.63, 3.8) is 0 Å². The Morgan fingerprint density at radius 2 is 1.63 bits per heavy atom. The number of hydrogen-bond donors (Lipinski definition) is 0. The molecule has 0 aromatic heterocycles. The highest BCUT2D eigenvalue weighted by Crippen LogP contribution is 2.38. The molecule has 1 aliphatic rings. The summed E-state index contributed by atoms with van der Waals surface area (Å²) in [4.78, 5) is 37.9. The molecule has 7 nitrogen and oxygen atoms in total. The first-order valence-electron chi connectivity index (χ1n) is 8.34. The lowest BCUT2D eigenvalue weighted by molar-refractivity contribution is -0.384. The number of benzene rings is 3. The minimum atomic E-state index is -0.625. The number of carbonyl (C=O) groups is 2. The zero-order valence-electron chi connectivity index (χ0n) is 14.3. The maximum absolute atomic E-state index is 13.1. The standard InChI is InChI=1S/C20H14N2O5/c1-2-27-13-9-10-16(17(11-13)22(25)26)21-19(23)14-7-3-5-12-6-4-8-15(18(12)14)20(21)24/h3-11H,2H2,1H3. The Hall–Kier alpha value is -3.74. The van der Waals surface area contributed by atoms with E-state index in [2.05, 4.69) is 0 Å². The van der Waals surface area contributed by atoms with E-state index in [1.54, 1.807) is 31.2 Å². The van der Waals surface area contributed by atoms with Crippen LogP contribution in [0.1, 0.15) is 27.6 Å². The topological polar surface area (TPSA) is 89.8 Å². The monoisotopic (exact) mass is 362 g/mol. The number of ether oxygens (including phenoxy) is 1. The molecule has 0 N–H and O–H groups in total. The Balaban J connectivity index is 1.93. The summed E-state index contributed by atoms with van der Waals surface area (Å²) in [6, 6.07) is 14.4. The highest BCUT2D eigenvalue weighted by atomic mass is 16.6. The zero-order chi connectivity index (χ0) is 19.1. The van der Waals surface area contributed by atoms with Crippen LogP contribution in [0.2, 0.25) is 0 Å². The van der Waals surface area contributed by atoms with Crippen molar-refractivity contribution in [1.29, 1.82) is 0 Å². The molecule has 0 aliphatic carbocycles. The van der Waals surface area contributed by atoms with Crippen molar-refractivity contribution in [3.05, 3.63) is 75.8 Å². The second kappa shape index (κ2) is 6.21. The quantitative estimate of drug-likeness (QED) is 0.398. The molecule has 27 heavy (non-hydrogen) atoms. The predicted molar refractivity (Wildman–Crippen MR) is 99.4 cm³/mol. The van der Waals surface area contributed by atoms with E-state index in [0.29, 0.717) is 28.9 Å². The van der Waals surface area contributed by atoms with Gasteiger partial charge in [-0.3, -0.25) is 19.7 Å². The number of nitrogens with zero attached hydrogens (tertiary/aromatic N) is 2. The van der Waals surface area contributed by atoms with Crippen molar-refractivity contribution in [2.45, 2.75) is 6.92 Å². The molecule has 4 rings (SSSR count). The van der Waals surface area contributed by atoms with Gasteiger partial charge in [-0.15, -0.1) is 0 Å². The van der Waals surface area contributed by atoms with Crippen LogP contribution in [0.15, 0.2) is 54.6 Å². The van der Waals surface area contributed by atoms with Crippen molar-refractivity contribution in [3.8, 4) is 5.75 Å². The van der Waals surface area contributed by atoms with Crippen molar-refractivity contribution in [2.75, 3.05) is 11.5 Å². The fraction of sp³-hybridized carbons (Fsp3) is 0.100. The van der Waals surface area contributed by atoms with E-state index in [1.165, 1.54) is 18.2 Å². The van der Waals surface area contributed by atoms with Gasteiger partial charge in [-0.2, -0.15) is 0 Å². The lowest BCUT2D eigenvalue weighted by Crippen LogP contribution is -2.40. The average molecular weight is 362 g/mol. The van der Waals surface area contributed by atoms with E-state index in [4.69, 9.17) is 4.74 Å². The molecule has 0 radical (unpaired) electrons. The number of nitro benzene ring substituents is 1. The Morgan fingerprint density at radius 3 is 2.19 bits per heavy atom. The Morgan fingerprint density at radius 1 is 1.00 bits per heavy atom. The first kappa shape index (κ1) is 16.7. The van der Waals surface area contributed by atoms with Crippen molar-refractivity contribution in [1.82, 2.24) is 0 Å². The third-order valence-corrected chi connectivity index (χ3v) is 4.47. The zero-order valence-corrected chi connectivity index (χ0v) is 14.3. The molecule has 0 atom stereocenters. The maximum Gasteiger partial charge on any atom is 0.297 e. The molecule has 0 saturated carbocycles. The van der Waals surface area contributed by atoms with Gasteiger partial charge in [-0.1, -0.05) is 24.3 Å². The molecular formula is C20H14N2O5. The van der Waals surface area contributed by atoms with E-state index in [0.717, 1.165) is 10.3 Å². The van der Waals surface area contributed by atoms with Crippen LogP contribution in [0, 0.1) is 10.1 Å². The summed E-state index contributed by atoms with van der Waals surface area (Å²) in [5.74, 6) is -0.875. The number of carbonyl (C=O) groups excluding carboxylic acids is 2. The second-order valence-corrected chi connectivity index (χ2v) is 6.00. The molecule has 1 aliphatic heterocycles. The van der Waals surface area contributed by atoms with Crippen LogP contribution in [0.3, 0.4) is 0 Å². The Labute approximate surface area is 153 Å². The van der Waals surface area contributed by atoms with Crippen LogP contribution >= 0.6 is 0 Å². The Bertz CT molecular complexity index is 1070. The average Bonchev–Trinajstić information content (AvgIpc) is 2.67. The van der Waals surface area contributed by atoms with Crippen LogP contribution in [0.25, 0.3) is 10.8 Å². The van der Waals surface area contributed by atoms with Crippen molar-refractivity contribution < 1.29 is 19.2 Å². The van der Waals surface area contributed by atoms with Crippen molar-refractivity contribution >= 4 is 34.0 Å². The summed E-state index contributed by atoms with van der Waals surface area (Å²) in [5.41, 5.74) is 0.232. The normalized spacial score (nSPS) is 13.1. The SMILES string of the molecule is CCOc1ccc(N2C(=O)c3cccc4cccc(c34)C2=O)c([N+](=O)[O-])c1. The molecule has 7 heteroatoms. The number of imide groups is 1. The molecule has 134 valence electrons. The first-order chi connectivity index (χ1) is 13.0. The third kappa shape index (κ3) is 2.52. The minimum Gasteiger partial charge on any atom is -0.494 e. The van der Waals surface area contributed by atoms with Gasteiger partial charge in [-0.05, 0) is 36.6 Å². The number of rotatable bonds is 4. The van der Waals surface area contributed by atoms with E-state index >= 15 is 0 Å². The van der Waals surface area contributed by atoms with Crippen LogP contribution in [-0.4, -0.2) is 23.3 Å². The van der Waals surface area contributed by atoms with Gasteiger partial charge in [0.2, 0.25) is 0 Å². The lowest BCUT2D eigenvalue weighted by Gasteiger charge is -2.27. The van der Waals surface area contributed by atoms with Crippen molar-refractivity contribution in [2.24, 2.45) is 0 Å². The molecule has 0 unspecified atom stereocenters. The minimum absolute atomic E-state index is 0.0787. The molecule has 0 fully saturated rings. The van der Waals surface area contributed by atoms with Gasteiger partial charge < -0.3 is 4.74 Å². The first-order valence-corrected chi connectivity index (χ1v) is 8.34. The van der Waals surface area contributed by atoms with Gasteiger partial charge in [0.1, 0.15) is 11.4 Å². The van der Waals surface area contributed by atoms with Gasteiger partial charge in [0.15, 0.2) is 0 Å². The third-order valence-electron chi connectivity index (χ3n) is 4.47. The molecule has 3 aromatic carbocycles. The van der Waals surface area contributed by atoms with Gasteiger partial charge >= 0.3 is 0 Å². The fourth-order valence-electron chi connectivity index (χ4n) is 3.34. The molecule has 0 saturated heterocycles. The smallest absolute Gasteiger partial charge is 0.297 e. The molecular weight excluding hydrogens is 348 g/mol. The molecule has 0 spiro atoms. The second-order valence-electron chi connectivity index (χ2n) is 6.00. The maximum atomic E-state index is 13.1. The highest BCUT2D eigenvalue weighted by Gasteiger charge is 2.37. The Kier molecular flexibility index (Phi) is 3.84. The van der Waals surface area contributed by atoms with E-state index in [-0.39, 0.29) is 11.4 Å². The molecule has 3 aromatic rings. The summed E-state index contributed by atoms with van der Waals surface area (Å²) in [7, 11) is 0. The summed E-state index contributed by atoms with van der Waals surface area (Å²) < 4.78 is 5.30. The summed E-state index contributed by atoms with van der Waals surface area (Å²) >= 11 is 0. The summed E-state index contributed by atoms with van der Waals surface area (Å²) in [6.07, 6.45) is 0. The number of amides is 2. The largest absolute Gasteiger partial charge is 0.494 e. The van der Waals surface area contributed by atoms with Gasteiger partial charge in [-0.25, -0.2) is 4.90 Å². The predicted octanol–water partition coefficient (Wildman–Crippen LogP) is 3.95. The molecule has 0 bridgehead atoms. The summed E-state index contributed by atoms with van der Waals surface area (Å²) in [5, 5.41) is 12.9. The van der Waals surface area contributed by atoms with Gasteiger partial charge in [0, 0.05) is 16.5 Å². The van der Waals surface area contributed by atoms with E-state index in [9.17, 15) is 19.7 Å². The van der Waals surface area contributed by atoms with Crippen LogP contribution < -0.4 is 9.64 Å². The number of nitro groups is 1. The highest BCUT2D eigenvalue weighted by molar-refractivity contribution is 6.36. The number of hydrogen-bond acceptors (Lipinski definition) is 5. The van der Waals surface area contributed by atoms with Crippen LogP contribution in [0.4, 0.5) is 11.4 Å². The molecule has 1 heterocycles. The van der Waals surface area contributed by atoms with Gasteiger partial charge in [0.05, 0.1) is 17.6 Å². The fourth-order valence-corrected chi connectivity index (χ4v) is 3.34. The summed E-state index contributed by atoms with van der Waals surface area (Å²) in [6.45, 7) is 2.10. The lowest BCUT2D eigenvalue weighted by atomic mass is 9.93. The van der Waals surface area contributed by atoms with E-state index in [1.807, 2.05) is 12.1 Å². The van der Waals surface area contributed by atoms with E-state index < -0.39 is 16.7 Å². The van der Waals surface area contributed by atoms with Crippen LogP contribution in [-0.2, 0) is 0 Å². The molecule has 2 amide bonds. The van der Waals surface area contributed by atoms with Gasteiger partial charge in [0.25, 0.3) is 17.5 Å².